The van der Waals surface area contributed by atoms with E-state index >= 15 is 0 Å². The fourth-order valence-corrected chi connectivity index (χ4v) is 3.51. The number of carbonyl (C=O) groups excluding carboxylic acids is 1. The summed E-state index contributed by atoms with van der Waals surface area (Å²) in [6.45, 7) is 2.35. The molecule has 7 heteroatoms. The summed E-state index contributed by atoms with van der Waals surface area (Å²) in [5.41, 5.74) is 6.95. The summed E-state index contributed by atoms with van der Waals surface area (Å²) in [6, 6.07) is 7.67. The highest BCUT2D eigenvalue weighted by Crippen LogP contribution is 2.40. The average molecular weight is 358 g/mol. The molecule has 0 saturated carbocycles. The van der Waals surface area contributed by atoms with Gasteiger partial charge in [-0.15, -0.1) is 0 Å². The molecule has 1 aromatic carbocycles. The largest absolute Gasteiger partial charge is 0.467 e. The summed E-state index contributed by atoms with van der Waals surface area (Å²) in [5.74, 6) is 1.93. The van der Waals surface area contributed by atoms with Crippen LogP contribution < -0.4 is 20.5 Å². The summed E-state index contributed by atoms with van der Waals surface area (Å²) in [6.07, 6.45) is 3.09. The number of benzene rings is 1. The van der Waals surface area contributed by atoms with E-state index in [1.807, 2.05) is 12.1 Å². The number of hydrogen-bond donors (Lipinski definition) is 2. The second-order valence-corrected chi connectivity index (χ2v) is 6.65. The van der Waals surface area contributed by atoms with Crippen molar-refractivity contribution in [3.8, 4) is 11.5 Å². The third-order valence-corrected chi connectivity index (χ3v) is 5.14. The van der Waals surface area contributed by atoms with Gasteiger partial charge in [0, 0.05) is 25.2 Å². The predicted octanol–water partition coefficient (Wildman–Crippen LogP) is 1.95. The Morgan fingerprint density at radius 1 is 1.15 bits per heavy atom. The minimum absolute atomic E-state index is 0.167. The number of hydrogen-bond acceptors (Lipinski definition) is 6. The molecule has 7 nitrogen and oxygen atoms in total. The van der Waals surface area contributed by atoms with Crippen LogP contribution in [0.4, 0.5) is 0 Å². The van der Waals surface area contributed by atoms with E-state index in [-0.39, 0.29) is 24.7 Å². The van der Waals surface area contributed by atoms with Crippen LogP contribution in [-0.4, -0.2) is 32.5 Å². The van der Waals surface area contributed by atoms with E-state index in [9.17, 15) is 4.79 Å². The van der Waals surface area contributed by atoms with E-state index in [0.29, 0.717) is 31.1 Å². The SMILES string of the molecule is NCc1cc(C(=O)NCC2(c3ccc4c(c3)OCO4)CCOCC2)co1. The third kappa shape index (κ3) is 3.15. The van der Waals surface area contributed by atoms with E-state index in [1.54, 1.807) is 6.07 Å². The first kappa shape index (κ1) is 16.9. The highest BCUT2D eigenvalue weighted by Gasteiger charge is 2.36. The molecule has 0 radical (unpaired) electrons. The first-order valence-corrected chi connectivity index (χ1v) is 8.74. The lowest BCUT2D eigenvalue weighted by Gasteiger charge is -2.38. The maximum atomic E-state index is 12.5. The molecule has 2 aromatic rings. The molecule has 138 valence electrons. The summed E-state index contributed by atoms with van der Waals surface area (Å²) in [4.78, 5) is 12.5. The minimum atomic E-state index is -0.199. The van der Waals surface area contributed by atoms with E-state index < -0.39 is 0 Å². The van der Waals surface area contributed by atoms with E-state index in [2.05, 4.69) is 11.4 Å². The lowest BCUT2D eigenvalue weighted by molar-refractivity contribution is 0.0486. The summed E-state index contributed by atoms with van der Waals surface area (Å²) < 4.78 is 21.7. The number of rotatable bonds is 5. The highest BCUT2D eigenvalue weighted by atomic mass is 16.7. The quantitative estimate of drug-likeness (QED) is 0.848. The number of carbonyl (C=O) groups is 1. The van der Waals surface area contributed by atoms with Crippen molar-refractivity contribution in [1.29, 1.82) is 0 Å². The van der Waals surface area contributed by atoms with Gasteiger partial charge in [0.1, 0.15) is 12.0 Å². The Bertz CT molecular complexity index is 795. The maximum Gasteiger partial charge on any atom is 0.254 e. The summed E-state index contributed by atoms with van der Waals surface area (Å²) in [5, 5.41) is 3.05. The molecule has 0 bridgehead atoms. The molecule has 2 aliphatic rings. The van der Waals surface area contributed by atoms with E-state index in [0.717, 1.165) is 29.9 Å². The number of furan rings is 1. The van der Waals surface area contributed by atoms with Gasteiger partial charge >= 0.3 is 0 Å². The molecule has 1 aromatic heterocycles. The van der Waals surface area contributed by atoms with Crippen molar-refractivity contribution >= 4 is 5.91 Å². The lowest BCUT2D eigenvalue weighted by atomic mass is 9.74. The van der Waals surface area contributed by atoms with Crippen molar-refractivity contribution in [1.82, 2.24) is 5.32 Å². The van der Waals surface area contributed by atoms with Gasteiger partial charge in [-0.25, -0.2) is 0 Å². The molecule has 4 rings (SSSR count). The van der Waals surface area contributed by atoms with Gasteiger partial charge in [-0.05, 0) is 36.6 Å². The number of nitrogens with two attached hydrogens (primary N) is 1. The molecule has 0 unspecified atom stereocenters. The Hall–Kier alpha value is -2.51. The van der Waals surface area contributed by atoms with Gasteiger partial charge in [0.05, 0.1) is 12.1 Å². The second kappa shape index (κ2) is 7.01. The van der Waals surface area contributed by atoms with E-state index in [1.165, 1.54) is 6.26 Å². The Balaban J connectivity index is 1.54. The van der Waals surface area contributed by atoms with Crippen molar-refractivity contribution in [2.75, 3.05) is 26.6 Å². The molecule has 0 spiro atoms. The van der Waals surface area contributed by atoms with Gasteiger partial charge in [0.15, 0.2) is 11.5 Å². The molecular weight excluding hydrogens is 336 g/mol. The molecule has 26 heavy (non-hydrogen) atoms. The molecule has 1 saturated heterocycles. The minimum Gasteiger partial charge on any atom is -0.467 e. The van der Waals surface area contributed by atoms with Crippen LogP contribution in [0, 0.1) is 0 Å². The van der Waals surface area contributed by atoms with Crippen LogP contribution in [-0.2, 0) is 16.7 Å². The lowest BCUT2D eigenvalue weighted by Crippen LogP contribution is -2.44. The van der Waals surface area contributed by atoms with Gasteiger partial charge in [-0.1, -0.05) is 6.07 Å². The predicted molar refractivity (Wildman–Crippen MR) is 93.2 cm³/mol. The molecular formula is C19H22N2O5. The summed E-state index contributed by atoms with van der Waals surface area (Å²) >= 11 is 0. The van der Waals surface area contributed by atoms with Crippen LogP contribution in [0.15, 0.2) is 34.9 Å². The van der Waals surface area contributed by atoms with Crippen molar-refractivity contribution in [2.45, 2.75) is 24.8 Å². The van der Waals surface area contributed by atoms with Crippen molar-refractivity contribution in [3.05, 3.63) is 47.4 Å². The number of amides is 1. The third-order valence-electron chi connectivity index (χ3n) is 5.14. The van der Waals surface area contributed by atoms with Crippen LogP contribution in [0.3, 0.4) is 0 Å². The Morgan fingerprint density at radius 3 is 2.73 bits per heavy atom. The fourth-order valence-electron chi connectivity index (χ4n) is 3.51. The molecule has 3 N–H and O–H groups in total. The smallest absolute Gasteiger partial charge is 0.254 e. The topological polar surface area (TPSA) is 96.0 Å². The first-order chi connectivity index (χ1) is 12.7. The Kier molecular flexibility index (Phi) is 4.57. The number of ether oxygens (including phenoxy) is 3. The molecule has 1 fully saturated rings. The summed E-state index contributed by atoms with van der Waals surface area (Å²) in [7, 11) is 0. The van der Waals surface area contributed by atoms with Gasteiger partial charge in [-0.3, -0.25) is 4.79 Å². The van der Waals surface area contributed by atoms with Crippen molar-refractivity contribution in [2.24, 2.45) is 5.73 Å². The zero-order valence-electron chi connectivity index (χ0n) is 14.5. The average Bonchev–Trinajstić information content (AvgIpc) is 3.35. The van der Waals surface area contributed by atoms with Crippen molar-refractivity contribution < 1.29 is 23.4 Å². The van der Waals surface area contributed by atoms with Crippen LogP contribution >= 0.6 is 0 Å². The Morgan fingerprint density at radius 2 is 1.96 bits per heavy atom. The van der Waals surface area contributed by atoms with E-state index in [4.69, 9.17) is 24.4 Å². The highest BCUT2D eigenvalue weighted by molar-refractivity contribution is 5.94. The van der Waals surface area contributed by atoms with Crippen LogP contribution in [0.5, 0.6) is 11.5 Å². The zero-order valence-corrected chi connectivity index (χ0v) is 14.5. The number of fused-ring (bicyclic) bond motifs is 1. The van der Waals surface area contributed by atoms with Crippen LogP contribution in [0.25, 0.3) is 0 Å². The molecule has 0 atom stereocenters. The first-order valence-electron chi connectivity index (χ1n) is 8.74. The second-order valence-electron chi connectivity index (χ2n) is 6.65. The van der Waals surface area contributed by atoms with Crippen LogP contribution in [0.1, 0.15) is 34.5 Å². The van der Waals surface area contributed by atoms with Gasteiger partial charge in [-0.2, -0.15) is 0 Å². The zero-order chi connectivity index (χ0) is 18.0. The standard InChI is InChI=1S/C19H22N2O5/c20-9-15-7-13(10-24-15)18(22)21-11-19(3-5-23-6-4-19)14-1-2-16-17(8-14)26-12-25-16/h1-2,7-8,10H,3-6,9,11-12,20H2,(H,21,22). The monoisotopic (exact) mass is 358 g/mol. The Labute approximate surface area is 151 Å². The van der Waals surface area contributed by atoms with Gasteiger partial charge < -0.3 is 29.7 Å². The molecule has 1 amide bonds. The van der Waals surface area contributed by atoms with Gasteiger partial charge in [0.25, 0.3) is 5.91 Å². The maximum absolute atomic E-state index is 12.5. The van der Waals surface area contributed by atoms with Gasteiger partial charge in [0.2, 0.25) is 6.79 Å². The van der Waals surface area contributed by atoms with Crippen LogP contribution in [0.2, 0.25) is 0 Å². The normalized spacial score (nSPS) is 17.9. The molecule has 3 heterocycles. The number of nitrogens with one attached hydrogen (secondary N) is 1. The molecule has 0 aliphatic carbocycles. The molecule has 2 aliphatic heterocycles. The van der Waals surface area contributed by atoms with Crippen molar-refractivity contribution in [3.63, 3.8) is 0 Å². The fraction of sp³-hybridized carbons (Fsp3) is 0.421.